The average Bonchev–Trinajstić information content (AvgIpc) is 3.11. The van der Waals surface area contributed by atoms with Crippen LogP contribution in [0.4, 0.5) is 0 Å². The van der Waals surface area contributed by atoms with Gasteiger partial charge in [0.1, 0.15) is 6.54 Å². The SMILES string of the molecule is O=C(Cn1c(-c2cccs2)n[nH]c1=S)N1CCOCC1. The second-order valence-corrected chi connectivity index (χ2v) is 5.74. The number of rotatable bonds is 3. The minimum absolute atomic E-state index is 0.0450. The Bertz CT molecular complexity index is 641. The first kappa shape index (κ1) is 13.5. The quantitative estimate of drug-likeness (QED) is 0.873. The number of carbonyl (C=O) groups is 1. The van der Waals surface area contributed by atoms with Crippen molar-refractivity contribution in [3.63, 3.8) is 0 Å². The number of aromatic amines is 1. The normalized spacial score (nSPS) is 15.5. The van der Waals surface area contributed by atoms with Crippen LogP contribution in [0.2, 0.25) is 0 Å². The van der Waals surface area contributed by atoms with Gasteiger partial charge in [0.2, 0.25) is 5.91 Å². The zero-order chi connectivity index (χ0) is 13.9. The van der Waals surface area contributed by atoms with Gasteiger partial charge in [0.25, 0.3) is 0 Å². The topological polar surface area (TPSA) is 63.2 Å². The number of nitrogens with one attached hydrogen (secondary N) is 1. The van der Waals surface area contributed by atoms with Crippen molar-refractivity contribution in [2.24, 2.45) is 0 Å². The average molecular weight is 310 g/mol. The predicted octanol–water partition coefficient (Wildman–Crippen LogP) is 1.53. The molecule has 3 rings (SSSR count). The maximum Gasteiger partial charge on any atom is 0.242 e. The van der Waals surface area contributed by atoms with E-state index in [2.05, 4.69) is 10.2 Å². The fraction of sp³-hybridized carbons (Fsp3) is 0.417. The van der Waals surface area contributed by atoms with Gasteiger partial charge in [-0.25, -0.2) is 0 Å². The van der Waals surface area contributed by atoms with Gasteiger partial charge in [-0.2, -0.15) is 5.10 Å². The van der Waals surface area contributed by atoms with E-state index in [-0.39, 0.29) is 12.5 Å². The Morgan fingerprint density at radius 2 is 2.30 bits per heavy atom. The zero-order valence-electron chi connectivity index (χ0n) is 10.7. The first-order valence-electron chi connectivity index (χ1n) is 6.30. The standard InChI is InChI=1S/C12H14N4O2S2/c17-10(15-3-5-18-6-4-15)8-16-11(13-14-12(16)19)9-2-1-7-20-9/h1-2,7H,3-6,8H2,(H,14,19). The Morgan fingerprint density at radius 1 is 1.50 bits per heavy atom. The van der Waals surface area contributed by atoms with Gasteiger partial charge >= 0.3 is 0 Å². The summed E-state index contributed by atoms with van der Waals surface area (Å²) in [7, 11) is 0. The summed E-state index contributed by atoms with van der Waals surface area (Å²) in [5.74, 6) is 0.759. The van der Waals surface area contributed by atoms with E-state index < -0.39 is 0 Å². The first-order chi connectivity index (χ1) is 9.75. The number of amides is 1. The van der Waals surface area contributed by atoms with E-state index in [0.717, 1.165) is 4.88 Å². The largest absolute Gasteiger partial charge is 0.378 e. The zero-order valence-corrected chi connectivity index (χ0v) is 12.4. The lowest BCUT2D eigenvalue weighted by molar-refractivity contribution is -0.135. The minimum Gasteiger partial charge on any atom is -0.378 e. The molecule has 8 heteroatoms. The van der Waals surface area contributed by atoms with Crippen molar-refractivity contribution in [3.05, 3.63) is 22.3 Å². The molecule has 2 aromatic heterocycles. The Balaban J connectivity index is 1.82. The summed E-state index contributed by atoms with van der Waals surface area (Å²) < 4.78 is 7.47. The third-order valence-corrected chi connectivity index (χ3v) is 4.33. The summed E-state index contributed by atoms with van der Waals surface area (Å²) in [5.41, 5.74) is 0. The van der Waals surface area contributed by atoms with Gasteiger partial charge in [-0.3, -0.25) is 14.5 Å². The molecule has 1 saturated heterocycles. The molecule has 1 fully saturated rings. The maximum atomic E-state index is 12.3. The highest BCUT2D eigenvalue weighted by atomic mass is 32.1. The number of H-pyrrole nitrogens is 1. The number of aromatic nitrogens is 3. The smallest absolute Gasteiger partial charge is 0.242 e. The first-order valence-corrected chi connectivity index (χ1v) is 7.59. The molecule has 106 valence electrons. The summed E-state index contributed by atoms with van der Waals surface area (Å²) >= 11 is 6.79. The van der Waals surface area contributed by atoms with E-state index in [4.69, 9.17) is 17.0 Å². The highest BCUT2D eigenvalue weighted by molar-refractivity contribution is 7.71. The van der Waals surface area contributed by atoms with Gasteiger partial charge < -0.3 is 9.64 Å². The lowest BCUT2D eigenvalue weighted by Gasteiger charge is -2.27. The summed E-state index contributed by atoms with van der Waals surface area (Å²) in [6.07, 6.45) is 0. The van der Waals surface area contributed by atoms with Gasteiger partial charge in [0.05, 0.1) is 18.1 Å². The number of thiophene rings is 1. The van der Waals surface area contributed by atoms with Crippen LogP contribution >= 0.6 is 23.6 Å². The molecule has 0 unspecified atom stereocenters. The van der Waals surface area contributed by atoms with Crippen LogP contribution in [-0.2, 0) is 16.1 Å². The predicted molar refractivity (Wildman–Crippen MR) is 78.1 cm³/mol. The molecule has 20 heavy (non-hydrogen) atoms. The summed E-state index contributed by atoms with van der Waals surface area (Å²) in [5, 5.41) is 8.95. The fourth-order valence-corrected chi connectivity index (χ4v) is 3.03. The van der Waals surface area contributed by atoms with Crippen molar-refractivity contribution in [1.29, 1.82) is 0 Å². The van der Waals surface area contributed by atoms with Crippen LogP contribution in [0.3, 0.4) is 0 Å². The number of carbonyl (C=O) groups excluding carboxylic acids is 1. The van der Waals surface area contributed by atoms with Crippen molar-refractivity contribution < 1.29 is 9.53 Å². The van der Waals surface area contributed by atoms with Crippen LogP contribution in [0.5, 0.6) is 0 Å². The third kappa shape index (κ3) is 2.67. The molecule has 2 aromatic rings. The molecule has 1 N–H and O–H groups in total. The van der Waals surface area contributed by atoms with E-state index in [1.54, 1.807) is 20.8 Å². The van der Waals surface area contributed by atoms with Gasteiger partial charge in [0.15, 0.2) is 10.6 Å². The molecule has 3 heterocycles. The lowest BCUT2D eigenvalue weighted by atomic mass is 10.4. The number of hydrogen-bond acceptors (Lipinski definition) is 5. The minimum atomic E-state index is 0.0450. The van der Waals surface area contributed by atoms with Crippen molar-refractivity contribution in [1.82, 2.24) is 19.7 Å². The Hall–Kier alpha value is -1.51. The van der Waals surface area contributed by atoms with Crippen molar-refractivity contribution >= 4 is 29.5 Å². The van der Waals surface area contributed by atoms with Crippen LogP contribution in [0, 0.1) is 4.77 Å². The lowest BCUT2D eigenvalue weighted by Crippen LogP contribution is -2.42. The highest BCUT2D eigenvalue weighted by Crippen LogP contribution is 2.22. The molecule has 0 radical (unpaired) electrons. The number of ether oxygens (including phenoxy) is 1. The van der Waals surface area contributed by atoms with Crippen LogP contribution in [-0.4, -0.2) is 51.9 Å². The maximum absolute atomic E-state index is 12.3. The molecule has 0 bridgehead atoms. The molecule has 0 saturated carbocycles. The van der Waals surface area contributed by atoms with Gasteiger partial charge in [-0.1, -0.05) is 6.07 Å². The van der Waals surface area contributed by atoms with Crippen LogP contribution in [0.25, 0.3) is 10.7 Å². The summed E-state index contributed by atoms with van der Waals surface area (Å²) in [6.45, 7) is 2.68. The van der Waals surface area contributed by atoms with Crippen molar-refractivity contribution in [2.75, 3.05) is 26.3 Å². The van der Waals surface area contributed by atoms with E-state index >= 15 is 0 Å². The van der Waals surface area contributed by atoms with Crippen LogP contribution in [0.1, 0.15) is 0 Å². The molecule has 1 amide bonds. The molecule has 1 aliphatic heterocycles. The second-order valence-electron chi connectivity index (χ2n) is 4.41. The number of morpholine rings is 1. The third-order valence-electron chi connectivity index (χ3n) is 3.16. The molecular weight excluding hydrogens is 296 g/mol. The second kappa shape index (κ2) is 5.86. The van der Waals surface area contributed by atoms with Crippen LogP contribution in [0.15, 0.2) is 17.5 Å². The number of hydrogen-bond donors (Lipinski definition) is 1. The summed E-state index contributed by atoms with van der Waals surface area (Å²) in [6, 6.07) is 3.91. The molecule has 0 spiro atoms. The molecular formula is C12H14N4O2S2. The summed E-state index contributed by atoms with van der Waals surface area (Å²) in [4.78, 5) is 15.1. The van der Waals surface area contributed by atoms with Crippen molar-refractivity contribution in [2.45, 2.75) is 6.54 Å². The van der Waals surface area contributed by atoms with E-state index in [9.17, 15) is 4.79 Å². The molecule has 1 aliphatic rings. The van der Waals surface area contributed by atoms with E-state index in [1.165, 1.54) is 0 Å². The Morgan fingerprint density at radius 3 is 3.00 bits per heavy atom. The van der Waals surface area contributed by atoms with Crippen molar-refractivity contribution in [3.8, 4) is 10.7 Å². The van der Waals surface area contributed by atoms with E-state index in [1.807, 2.05) is 17.5 Å². The molecule has 0 aliphatic carbocycles. The van der Waals surface area contributed by atoms with E-state index in [0.29, 0.717) is 36.9 Å². The van der Waals surface area contributed by atoms with Gasteiger partial charge in [-0.05, 0) is 23.7 Å². The number of nitrogens with zero attached hydrogens (tertiary/aromatic N) is 3. The molecule has 6 nitrogen and oxygen atoms in total. The fourth-order valence-electron chi connectivity index (χ4n) is 2.11. The monoisotopic (exact) mass is 310 g/mol. The highest BCUT2D eigenvalue weighted by Gasteiger charge is 2.19. The Labute approximate surface area is 125 Å². The van der Waals surface area contributed by atoms with Gasteiger partial charge in [-0.15, -0.1) is 11.3 Å². The Kier molecular flexibility index (Phi) is 3.95. The van der Waals surface area contributed by atoms with Crippen LogP contribution < -0.4 is 0 Å². The molecule has 0 aromatic carbocycles. The molecule has 0 atom stereocenters. The van der Waals surface area contributed by atoms with Gasteiger partial charge in [0, 0.05) is 13.1 Å².